The molecule has 1 aliphatic rings. The van der Waals surface area contributed by atoms with Crippen LogP contribution < -0.4 is 10.9 Å². The molecule has 0 bridgehead atoms. The quantitative estimate of drug-likeness (QED) is 0.324. The highest BCUT2D eigenvalue weighted by Gasteiger charge is 2.27. The molecule has 176 valence electrons. The number of rotatable bonds is 8. The first-order valence-electron chi connectivity index (χ1n) is 10.2. The smallest absolute Gasteiger partial charge is 0.268 e. The van der Waals surface area contributed by atoms with Crippen LogP contribution >= 0.6 is 11.8 Å². The number of aromatic amines is 1. The molecule has 0 saturated heterocycles. The summed E-state index contributed by atoms with van der Waals surface area (Å²) >= 11 is 1.21. The predicted molar refractivity (Wildman–Crippen MR) is 125 cm³/mol. The Kier molecular flexibility index (Phi) is 5.85. The lowest BCUT2D eigenvalue weighted by Gasteiger charge is -2.15. The highest BCUT2D eigenvalue weighted by molar-refractivity contribution is 8.02. The first kappa shape index (κ1) is 22.2. The van der Waals surface area contributed by atoms with Crippen molar-refractivity contribution in [3.8, 4) is 11.3 Å². The number of fused-ring (bicyclic) bond motifs is 1. The van der Waals surface area contributed by atoms with Crippen LogP contribution in [0.5, 0.6) is 0 Å². The summed E-state index contributed by atoms with van der Waals surface area (Å²) in [5, 5.41) is 13.2. The number of hydrogen-bond donors (Lipinski definition) is 3. The van der Waals surface area contributed by atoms with Gasteiger partial charge in [-0.05, 0) is 24.2 Å². The van der Waals surface area contributed by atoms with E-state index in [4.69, 9.17) is 20.3 Å². The molecule has 1 aromatic carbocycles. The topological polar surface area (TPSA) is 177 Å². The second-order valence-corrected chi connectivity index (χ2v) is 10.1. The normalized spacial score (nSPS) is 15.8. The number of nitrogen functional groups attached to an aromatic ring is 1. The van der Waals surface area contributed by atoms with Gasteiger partial charge in [0.2, 0.25) is 15.1 Å². The standard InChI is InChI=1S/C20H20N8O4S2/c21-17-16-18(24-11-23-17)28(8-3-9-34(22,29)30)20(26-16)33-15-10-31-19(32-15)13-5-2-1-4-12(13)14-6-7-25-27-14/h1-2,4-7,10-11,19H,3,8-9H2,(H,25,27)(H2,21,23,24)(H2,22,29,30). The van der Waals surface area contributed by atoms with Gasteiger partial charge in [0.25, 0.3) is 6.29 Å². The summed E-state index contributed by atoms with van der Waals surface area (Å²) in [5.41, 5.74) is 9.35. The molecule has 0 saturated carbocycles. The molecule has 0 radical (unpaired) electrons. The van der Waals surface area contributed by atoms with Crippen LogP contribution in [0.15, 0.2) is 59.4 Å². The van der Waals surface area contributed by atoms with E-state index in [0.29, 0.717) is 28.0 Å². The fourth-order valence-corrected chi connectivity index (χ4v) is 4.91. The van der Waals surface area contributed by atoms with Crippen molar-refractivity contribution in [1.82, 2.24) is 29.7 Å². The number of nitrogens with one attached hydrogen (secondary N) is 1. The van der Waals surface area contributed by atoms with Gasteiger partial charge in [-0.25, -0.2) is 28.5 Å². The van der Waals surface area contributed by atoms with Crippen molar-refractivity contribution in [3.05, 3.63) is 59.8 Å². The third kappa shape index (κ3) is 4.55. The number of hydrogen-bond acceptors (Lipinski definition) is 10. The SMILES string of the molecule is Nc1ncnc2c1nc(SC1=COC(c3ccccc3-c3cc[nH]n3)O1)n2CCCS(N)(=O)=O. The van der Waals surface area contributed by atoms with Crippen molar-refractivity contribution < 1.29 is 17.9 Å². The minimum atomic E-state index is -3.60. The largest absolute Gasteiger partial charge is 0.454 e. The highest BCUT2D eigenvalue weighted by atomic mass is 32.2. The first-order chi connectivity index (χ1) is 16.4. The minimum absolute atomic E-state index is 0.175. The van der Waals surface area contributed by atoms with Crippen LogP contribution in [0.1, 0.15) is 18.3 Å². The van der Waals surface area contributed by atoms with E-state index >= 15 is 0 Å². The van der Waals surface area contributed by atoms with Gasteiger partial charge < -0.3 is 19.8 Å². The Balaban J connectivity index is 1.38. The van der Waals surface area contributed by atoms with Crippen molar-refractivity contribution in [1.29, 1.82) is 0 Å². The number of aromatic nitrogens is 6. The molecular formula is C20H20N8O4S2. The van der Waals surface area contributed by atoms with Gasteiger partial charge in [-0.2, -0.15) is 5.10 Å². The Morgan fingerprint density at radius 2 is 2.06 bits per heavy atom. The Labute approximate surface area is 198 Å². The number of imidazole rings is 1. The number of anilines is 1. The lowest BCUT2D eigenvalue weighted by Crippen LogP contribution is -2.18. The van der Waals surface area contributed by atoms with Crippen LogP contribution in [0.3, 0.4) is 0 Å². The number of nitrogens with two attached hydrogens (primary N) is 2. The number of ether oxygens (including phenoxy) is 2. The van der Waals surface area contributed by atoms with Gasteiger partial charge in [-0.1, -0.05) is 24.3 Å². The van der Waals surface area contributed by atoms with Crippen LogP contribution in [0.2, 0.25) is 0 Å². The summed E-state index contributed by atoms with van der Waals surface area (Å²) in [6, 6.07) is 9.54. The number of H-pyrrole nitrogens is 1. The molecule has 4 heterocycles. The fourth-order valence-electron chi connectivity index (χ4n) is 3.54. The van der Waals surface area contributed by atoms with Gasteiger partial charge in [-0.15, -0.1) is 0 Å². The van der Waals surface area contributed by atoms with Crippen LogP contribution in [-0.2, 0) is 26.0 Å². The van der Waals surface area contributed by atoms with Crippen LogP contribution in [0.4, 0.5) is 5.82 Å². The zero-order valence-electron chi connectivity index (χ0n) is 17.7. The van der Waals surface area contributed by atoms with Crippen molar-refractivity contribution in [2.75, 3.05) is 11.5 Å². The molecule has 5 N–H and O–H groups in total. The Bertz CT molecular complexity index is 1470. The maximum absolute atomic E-state index is 11.4. The van der Waals surface area contributed by atoms with Crippen molar-refractivity contribution >= 4 is 38.8 Å². The number of nitrogens with zero attached hydrogens (tertiary/aromatic N) is 5. The molecule has 0 fully saturated rings. The van der Waals surface area contributed by atoms with E-state index in [9.17, 15) is 8.42 Å². The summed E-state index contributed by atoms with van der Waals surface area (Å²) in [7, 11) is -3.60. The van der Waals surface area contributed by atoms with Crippen molar-refractivity contribution in [3.63, 3.8) is 0 Å². The average molecular weight is 501 g/mol. The molecule has 0 amide bonds. The van der Waals surface area contributed by atoms with Crippen LogP contribution in [0.25, 0.3) is 22.4 Å². The van der Waals surface area contributed by atoms with Crippen LogP contribution in [-0.4, -0.2) is 43.9 Å². The third-order valence-corrected chi connectivity index (χ3v) is 6.78. The van der Waals surface area contributed by atoms with E-state index in [1.807, 2.05) is 30.3 Å². The molecule has 14 heteroatoms. The molecule has 34 heavy (non-hydrogen) atoms. The minimum Gasteiger partial charge on any atom is -0.454 e. The molecular weight excluding hydrogens is 480 g/mol. The molecule has 1 unspecified atom stereocenters. The molecule has 0 aliphatic carbocycles. The molecule has 4 aromatic rings. The first-order valence-corrected chi connectivity index (χ1v) is 12.7. The lowest BCUT2D eigenvalue weighted by atomic mass is 10.0. The second-order valence-electron chi connectivity index (χ2n) is 7.37. The number of benzene rings is 1. The number of aryl methyl sites for hydroxylation is 1. The Hall–Kier alpha value is -3.62. The second kappa shape index (κ2) is 8.96. The lowest BCUT2D eigenvalue weighted by molar-refractivity contribution is -0.0269. The monoisotopic (exact) mass is 500 g/mol. The maximum Gasteiger partial charge on any atom is 0.268 e. The van der Waals surface area contributed by atoms with Crippen molar-refractivity contribution in [2.24, 2.45) is 5.14 Å². The summed E-state index contributed by atoms with van der Waals surface area (Å²) in [4.78, 5) is 12.8. The van der Waals surface area contributed by atoms with E-state index in [0.717, 1.165) is 16.8 Å². The molecule has 0 spiro atoms. The van der Waals surface area contributed by atoms with Gasteiger partial charge >= 0.3 is 0 Å². The fraction of sp³-hybridized carbons (Fsp3) is 0.200. The molecule has 3 aromatic heterocycles. The molecule has 5 rings (SSSR count). The summed E-state index contributed by atoms with van der Waals surface area (Å²) in [5.74, 6) is 0.0477. The summed E-state index contributed by atoms with van der Waals surface area (Å²) in [6.07, 6.45) is 4.20. The van der Waals surface area contributed by atoms with Gasteiger partial charge in [0.1, 0.15) is 12.6 Å². The average Bonchev–Trinajstić information content (AvgIpc) is 3.55. The van der Waals surface area contributed by atoms with E-state index in [1.165, 1.54) is 24.4 Å². The van der Waals surface area contributed by atoms with Gasteiger partial charge in [0, 0.05) is 23.9 Å². The van der Waals surface area contributed by atoms with E-state index in [1.54, 1.807) is 10.8 Å². The number of primary sulfonamides is 1. The van der Waals surface area contributed by atoms with Gasteiger partial charge in [-0.3, -0.25) is 5.10 Å². The number of thioether (sulfide) groups is 1. The van der Waals surface area contributed by atoms with E-state index in [-0.39, 0.29) is 18.0 Å². The third-order valence-electron chi connectivity index (χ3n) is 5.03. The zero-order chi connectivity index (χ0) is 23.7. The zero-order valence-corrected chi connectivity index (χ0v) is 19.3. The van der Waals surface area contributed by atoms with Gasteiger partial charge in [0.05, 0.1) is 11.4 Å². The van der Waals surface area contributed by atoms with E-state index in [2.05, 4.69) is 25.1 Å². The Morgan fingerprint density at radius 1 is 1.21 bits per heavy atom. The Morgan fingerprint density at radius 3 is 2.85 bits per heavy atom. The highest BCUT2D eigenvalue weighted by Crippen LogP contribution is 2.40. The molecule has 1 atom stereocenters. The predicted octanol–water partition coefficient (Wildman–Crippen LogP) is 2.11. The van der Waals surface area contributed by atoms with Crippen molar-refractivity contribution in [2.45, 2.75) is 24.4 Å². The summed E-state index contributed by atoms with van der Waals surface area (Å²) < 4.78 is 36.4. The number of sulfonamides is 1. The molecule has 12 nitrogen and oxygen atoms in total. The molecule has 1 aliphatic heterocycles. The van der Waals surface area contributed by atoms with Gasteiger partial charge in [0.15, 0.2) is 22.1 Å². The van der Waals surface area contributed by atoms with E-state index < -0.39 is 16.3 Å². The maximum atomic E-state index is 11.4. The van der Waals surface area contributed by atoms with Crippen LogP contribution in [0, 0.1) is 0 Å². The summed E-state index contributed by atoms with van der Waals surface area (Å²) in [6.45, 7) is 0.311.